The van der Waals surface area contributed by atoms with E-state index in [2.05, 4.69) is 9.82 Å². The Hall–Kier alpha value is -3.97. The maximum absolute atomic E-state index is 13.4. The van der Waals surface area contributed by atoms with Crippen molar-refractivity contribution in [2.45, 2.75) is 38.0 Å². The van der Waals surface area contributed by atoms with Gasteiger partial charge in [0, 0.05) is 45.4 Å². The number of imidazole rings is 1. The first-order valence-electron chi connectivity index (χ1n) is 13.0. The highest BCUT2D eigenvalue weighted by atomic mass is 32.2. The van der Waals surface area contributed by atoms with E-state index in [1.165, 1.54) is 20.0 Å². The Balaban J connectivity index is 1.78. The third-order valence-corrected chi connectivity index (χ3v) is 7.99. The van der Waals surface area contributed by atoms with Crippen LogP contribution in [0, 0.1) is 6.92 Å². The summed E-state index contributed by atoms with van der Waals surface area (Å²) in [4.78, 5) is 12.7. The van der Waals surface area contributed by atoms with E-state index in [1.807, 2.05) is 6.92 Å². The van der Waals surface area contributed by atoms with E-state index in [0.29, 0.717) is 53.7 Å². The number of nitrogens with two attached hydrogens (primary N) is 1. The van der Waals surface area contributed by atoms with E-state index >= 15 is 0 Å². The molecule has 0 fully saturated rings. The molecule has 13 heteroatoms. The maximum Gasteiger partial charge on any atom is 0.328 e. The van der Waals surface area contributed by atoms with Crippen LogP contribution >= 0.6 is 0 Å². The van der Waals surface area contributed by atoms with Gasteiger partial charge in [0.2, 0.25) is 0 Å². The molecule has 216 valence electrons. The number of unbranched alkanes of at least 4 members (excludes halogenated alkanes) is 1. The molecule has 3 N–H and O–H groups in total. The lowest BCUT2D eigenvalue weighted by Crippen LogP contribution is -2.19. The van der Waals surface area contributed by atoms with Crippen molar-refractivity contribution in [3.63, 3.8) is 0 Å². The fourth-order valence-electron chi connectivity index (χ4n) is 4.19. The second-order valence-electron chi connectivity index (χ2n) is 9.50. The Morgan fingerprint density at radius 2 is 1.55 bits per heavy atom. The summed E-state index contributed by atoms with van der Waals surface area (Å²) in [6.45, 7) is 5.23. The normalized spacial score (nSPS) is 11.7. The molecule has 12 nitrogen and oxygen atoms in total. The average molecular weight is 573 g/mol. The minimum atomic E-state index is -4.04. The molecule has 0 aliphatic carbocycles. The van der Waals surface area contributed by atoms with Crippen LogP contribution in [0.4, 0.5) is 5.69 Å². The van der Waals surface area contributed by atoms with Crippen molar-refractivity contribution in [3.8, 4) is 23.0 Å². The SMILES string of the molecule is CCCOc1cc(OCCCCN)cc(Oc2cc3c(cc2NS(=O)(=O)c2cnn(C)c2C)n(C)c(=O)n3C)c1. The molecule has 2 aromatic carbocycles. The van der Waals surface area contributed by atoms with Gasteiger partial charge < -0.3 is 19.9 Å². The quantitative estimate of drug-likeness (QED) is 0.232. The van der Waals surface area contributed by atoms with E-state index in [1.54, 1.807) is 58.4 Å². The molecule has 0 atom stereocenters. The second kappa shape index (κ2) is 12.0. The molecule has 0 amide bonds. The van der Waals surface area contributed by atoms with Crippen LogP contribution in [0.15, 0.2) is 46.2 Å². The van der Waals surface area contributed by atoms with E-state index in [0.717, 1.165) is 19.3 Å². The van der Waals surface area contributed by atoms with Crippen LogP contribution in [0.3, 0.4) is 0 Å². The van der Waals surface area contributed by atoms with E-state index in [4.69, 9.17) is 19.9 Å². The molecule has 0 saturated carbocycles. The van der Waals surface area contributed by atoms with Gasteiger partial charge in [0.25, 0.3) is 10.0 Å². The number of fused-ring (bicyclic) bond motifs is 1. The fourth-order valence-corrected chi connectivity index (χ4v) is 5.45. The molecule has 0 radical (unpaired) electrons. The predicted molar refractivity (Wildman–Crippen MR) is 153 cm³/mol. The van der Waals surface area contributed by atoms with Crippen molar-refractivity contribution in [1.82, 2.24) is 18.9 Å². The van der Waals surface area contributed by atoms with Crippen molar-refractivity contribution in [2.75, 3.05) is 24.5 Å². The number of sulfonamides is 1. The van der Waals surface area contributed by atoms with Crippen LogP contribution in [0.2, 0.25) is 0 Å². The molecule has 2 aromatic heterocycles. The zero-order valence-corrected chi connectivity index (χ0v) is 24.2. The first kappa shape index (κ1) is 29.0. The Morgan fingerprint density at radius 3 is 2.15 bits per heavy atom. The molecule has 0 unspecified atom stereocenters. The molecule has 0 bridgehead atoms. The minimum Gasteiger partial charge on any atom is -0.493 e. The standard InChI is InChI=1S/C27H36N6O6S/c1-6-10-37-19-12-20(38-11-8-7-9-28)14-21(13-19)39-25-16-24-23(31(3)27(34)32(24)4)15-22(25)30-40(35,36)26-17-29-33(5)18(26)2/h12-17,30H,6-11,28H2,1-5H3. The van der Waals surface area contributed by atoms with Gasteiger partial charge in [-0.25, -0.2) is 13.2 Å². The maximum atomic E-state index is 13.4. The third-order valence-electron chi connectivity index (χ3n) is 6.52. The van der Waals surface area contributed by atoms with Gasteiger partial charge in [0.15, 0.2) is 5.75 Å². The number of aromatic nitrogens is 4. The van der Waals surface area contributed by atoms with Gasteiger partial charge >= 0.3 is 5.69 Å². The van der Waals surface area contributed by atoms with Gasteiger partial charge in [0.05, 0.1) is 41.8 Å². The van der Waals surface area contributed by atoms with Crippen LogP contribution in [-0.2, 0) is 31.2 Å². The number of nitrogens with one attached hydrogen (secondary N) is 1. The van der Waals surface area contributed by atoms with Gasteiger partial charge in [-0.15, -0.1) is 0 Å². The van der Waals surface area contributed by atoms with Gasteiger partial charge in [-0.05, 0) is 38.8 Å². The molecular formula is C27H36N6O6S. The summed E-state index contributed by atoms with van der Waals surface area (Å²) in [7, 11) is 0.894. The molecule has 0 aliphatic rings. The lowest BCUT2D eigenvalue weighted by Gasteiger charge is -2.16. The largest absolute Gasteiger partial charge is 0.493 e. The molecule has 40 heavy (non-hydrogen) atoms. The number of anilines is 1. The lowest BCUT2D eigenvalue weighted by molar-refractivity contribution is 0.294. The Morgan fingerprint density at radius 1 is 0.925 bits per heavy atom. The fraction of sp³-hybridized carbons (Fsp3) is 0.407. The number of benzene rings is 2. The second-order valence-corrected chi connectivity index (χ2v) is 11.1. The van der Waals surface area contributed by atoms with Crippen LogP contribution in [-0.4, -0.2) is 47.1 Å². The number of hydrogen-bond donors (Lipinski definition) is 2. The van der Waals surface area contributed by atoms with Gasteiger partial charge in [-0.2, -0.15) is 5.10 Å². The number of hydrogen-bond acceptors (Lipinski definition) is 8. The first-order chi connectivity index (χ1) is 19.1. The monoisotopic (exact) mass is 572 g/mol. The Labute approximate surface area is 233 Å². The van der Waals surface area contributed by atoms with Crippen LogP contribution in [0.5, 0.6) is 23.0 Å². The van der Waals surface area contributed by atoms with Gasteiger partial charge in [-0.1, -0.05) is 6.92 Å². The van der Waals surface area contributed by atoms with E-state index in [-0.39, 0.29) is 22.0 Å². The third kappa shape index (κ3) is 6.10. The van der Waals surface area contributed by atoms with Crippen LogP contribution < -0.4 is 30.4 Å². The number of nitrogens with zero attached hydrogens (tertiary/aromatic N) is 4. The zero-order valence-electron chi connectivity index (χ0n) is 23.4. The van der Waals surface area contributed by atoms with Crippen molar-refractivity contribution < 1.29 is 22.6 Å². The molecule has 0 aliphatic heterocycles. The van der Waals surface area contributed by atoms with Crippen molar-refractivity contribution in [1.29, 1.82) is 0 Å². The van der Waals surface area contributed by atoms with Crippen LogP contribution in [0.1, 0.15) is 31.9 Å². The molecule has 4 aromatic rings. The van der Waals surface area contributed by atoms with E-state index < -0.39 is 10.0 Å². The van der Waals surface area contributed by atoms with Gasteiger partial charge in [0.1, 0.15) is 22.1 Å². The molecular weight excluding hydrogens is 536 g/mol. The molecule has 0 spiro atoms. The summed E-state index contributed by atoms with van der Waals surface area (Å²) >= 11 is 0. The van der Waals surface area contributed by atoms with Crippen molar-refractivity contribution in [2.24, 2.45) is 26.9 Å². The highest BCUT2D eigenvalue weighted by Gasteiger charge is 2.24. The summed E-state index contributed by atoms with van der Waals surface area (Å²) in [6, 6.07) is 8.41. The van der Waals surface area contributed by atoms with Crippen molar-refractivity contribution >= 4 is 26.7 Å². The van der Waals surface area contributed by atoms with Gasteiger partial charge in [-0.3, -0.25) is 18.5 Å². The van der Waals surface area contributed by atoms with Crippen LogP contribution in [0.25, 0.3) is 11.0 Å². The summed E-state index contributed by atoms with van der Waals surface area (Å²) in [5.41, 5.74) is 7.06. The molecule has 4 rings (SSSR count). The summed E-state index contributed by atoms with van der Waals surface area (Å²) in [5, 5.41) is 4.06. The average Bonchev–Trinajstić information content (AvgIpc) is 3.36. The smallest absolute Gasteiger partial charge is 0.328 e. The highest BCUT2D eigenvalue weighted by molar-refractivity contribution is 7.92. The number of aryl methyl sites for hydroxylation is 3. The summed E-state index contributed by atoms with van der Waals surface area (Å²) in [5.74, 6) is 1.66. The molecule has 2 heterocycles. The minimum absolute atomic E-state index is 0.0334. The number of ether oxygens (including phenoxy) is 3. The summed E-state index contributed by atoms with van der Waals surface area (Å²) < 4.78 is 51.8. The molecule has 0 saturated heterocycles. The van der Waals surface area contributed by atoms with E-state index in [9.17, 15) is 13.2 Å². The number of rotatable bonds is 13. The highest BCUT2D eigenvalue weighted by Crippen LogP contribution is 2.38. The van der Waals surface area contributed by atoms with Crippen molar-refractivity contribution in [3.05, 3.63) is 52.7 Å². The Bertz CT molecular complexity index is 1670. The lowest BCUT2D eigenvalue weighted by atomic mass is 10.2. The first-order valence-corrected chi connectivity index (χ1v) is 14.5. The topological polar surface area (TPSA) is 145 Å². The summed E-state index contributed by atoms with van der Waals surface area (Å²) in [6.07, 6.45) is 3.74. The zero-order chi connectivity index (χ0) is 29.0. The predicted octanol–water partition coefficient (Wildman–Crippen LogP) is 3.42. The Kier molecular flexibility index (Phi) is 8.74.